The van der Waals surface area contributed by atoms with Crippen LogP contribution in [0, 0.1) is 0 Å². The van der Waals surface area contributed by atoms with Crippen molar-refractivity contribution in [2.45, 2.75) is 12.5 Å². The largest absolute Gasteiger partial charge is 0.391 e. The molecule has 102 valence electrons. The standard InChI is InChI=1S/C11H16ClNO4S/c12-8-11(14)9-13(18(15,16)17)7-6-10-4-2-1-3-5-10/h1-5,11,14H,6-9H2,(H,15,16,17). The lowest BCUT2D eigenvalue weighted by atomic mass is 10.1. The van der Waals surface area contributed by atoms with Gasteiger partial charge in [-0.25, -0.2) is 0 Å². The Bertz CT molecular complexity index is 451. The molecule has 0 saturated heterocycles. The Morgan fingerprint density at radius 1 is 1.28 bits per heavy atom. The predicted molar refractivity (Wildman–Crippen MR) is 70.0 cm³/mol. The minimum absolute atomic E-state index is 0.0860. The molecule has 1 aromatic rings. The Balaban J connectivity index is 2.63. The number of rotatable bonds is 7. The van der Waals surface area contributed by atoms with Crippen molar-refractivity contribution in [3.05, 3.63) is 35.9 Å². The smallest absolute Gasteiger partial charge is 0.336 e. The molecule has 2 N–H and O–H groups in total. The molecule has 0 heterocycles. The first-order valence-corrected chi connectivity index (χ1v) is 7.37. The molecule has 0 radical (unpaired) electrons. The Morgan fingerprint density at radius 2 is 1.89 bits per heavy atom. The van der Waals surface area contributed by atoms with E-state index in [1.54, 1.807) is 0 Å². The molecule has 7 heteroatoms. The van der Waals surface area contributed by atoms with Crippen LogP contribution in [0.1, 0.15) is 5.56 Å². The molecule has 1 aromatic carbocycles. The predicted octanol–water partition coefficient (Wildman–Crippen LogP) is 0.934. The summed E-state index contributed by atoms with van der Waals surface area (Å²) in [4.78, 5) is 0. The molecule has 1 atom stereocenters. The van der Waals surface area contributed by atoms with Crippen molar-refractivity contribution in [1.82, 2.24) is 4.31 Å². The molecule has 0 aliphatic carbocycles. The molecule has 0 fully saturated rings. The van der Waals surface area contributed by atoms with Gasteiger partial charge in [-0.1, -0.05) is 30.3 Å². The summed E-state index contributed by atoms with van der Waals surface area (Å²) in [6, 6.07) is 9.28. The average molecular weight is 294 g/mol. The molecule has 0 amide bonds. The highest BCUT2D eigenvalue weighted by Gasteiger charge is 2.21. The summed E-state index contributed by atoms with van der Waals surface area (Å²) in [6.07, 6.45) is -0.542. The normalized spacial score (nSPS) is 13.8. The lowest BCUT2D eigenvalue weighted by molar-refractivity contribution is 0.161. The van der Waals surface area contributed by atoms with Gasteiger partial charge in [-0.3, -0.25) is 4.55 Å². The number of hydrogen-bond acceptors (Lipinski definition) is 3. The van der Waals surface area contributed by atoms with E-state index in [2.05, 4.69) is 0 Å². The number of benzene rings is 1. The molecule has 1 unspecified atom stereocenters. The quantitative estimate of drug-likeness (QED) is 0.579. The molecule has 0 aromatic heterocycles. The van der Waals surface area contributed by atoms with Gasteiger partial charge in [-0.15, -0.1) is 11.6 Å². The molecular weight excluding hydrogens is 278 g/mol. The number of alkyl halides is 1. The summed E-state index contributed by atoms with van der Waals surface area (Å²) in [6.45, 7) is -0.119. The van der Waals surface area contributed by atoms with E-state index in [4.69, 9.17) is 16.2 Å². The van der Waals surface area contributed by atoms with Crippen molar-refractivity contribution in [3.8, 4) is 0 Å². The summed E-state index contributed by atoms with van der Waals surface area (Å²) in [7, 11) is -4.33. The highest BCUT2D eigenvalue weighted by atomic mass is 35.5. The molecule has 0 aliphatic heterocycles. The lowest BCUT2D eigenvalue weighted by Crippen LogP contribution is -2.39. The third-order valence-corrected chi connectivity index (χ3v) is 3.75. The maximum Gasteiger partial charge on any atom is 0.336 e. The van der Waals surface area contributed by atoms with Gasteiger partial charge in [0.15, 0.2) is 0 Å². The zero-order chi connectivity index (χ0) is 13.6. The molecular formula is C11H16ClNO4S. The number of halogens is 1. The summed E-state index contributed by atoms with van der Waals surface area (Å²) in [5.74, 6) is -0.0860. The summed E-state index contributed by atoms with van der Waals surface area (Å²) in [5, 5.41) is 9.34. The number of hydrogen-bond donors (Lipinski definition) is 2. The average Bonchev–Trinajstić information content (AvgIpc) is 2.34. The van der Waals surface area contributed by atoms with E-state index >= 15 is 0 Å². The van der Waals surface area contributed by atoms with Crippen molar-refractivity contribution in [2.75, 3.05) is 19.0 Å². The third kappa shape index (κ3) is 5.32. The maximum absolute atomic E-state index is 11.1. The van der Waals surface area contributed by atoms with Crippen LogP contribution in [-0.4, -0.2) is 47.5 Å². The minimum atomic E-state index is -4.33. The van der Waals surface area contributed by atoms with Crippen LogP contribution in [0.2, 0.25) is 0 Å². The maximum atomic E-state index is 11.1. The van der Waals surface area contributed by atoms with Gasteiger partial charge in [0, 0.05) is 19.0 Å². The van der Waals surface area contributed by atoms with Crippen LogP contribution in [0.4, 0.5) is 0 Å². The fourth-order valence-corrected chi connectivity index (χ4v) is 2.26. The number of nitrogens with zero attached hydrogens (tertiary/aromatic N) is 1. The van der Waals surface area contributed by atoms with Crippen LogP contribution < -0.4 is 0 Å². The Hall–Kier alpha value is -0.660. The van der Waals surface area contributed by atoms with Gasteiger partial charge in [0.1, 0.15) is 0 Å². The van der Waals surface area contributed by atoms with E-state index < -0.39 is 16.4 Å². The summed E-state index contributed by atoms with van der Waals surface area (Å²) >= 11 is 5.41. The third-order valence-electron chi connectivity index (χ3n) is 2.41. The Kier molecular flexibility index (Phi) is 6.04. The molecule has 0 aliphatic rings. The van der Waals surface area contributed by atoms with Gasteiger partial charge in [-0.2, -0.15) is 12.7 Å². The molecule has 0 bridgehead atoms. The van der Waals surface area contributed by atoms with Crippen molar-refractivity contribution in [2.24, 2.45) is 0 Å². The topological polar surface area (TPSA) is 77.8 Å². The van der Waals surface area contributed by atoms with Gasteiger partial charge in [0.25, 0.3) is 0 Å². The van der Waals surface area contributed by atoms with Gasteiger partial charge in [-0.05, 0) is 12.0 Å². The van der Waals surface area contributed by atoms with E-state index in [1.807, 2.05) is 30.3 Å². The van der Waals surface area contributed by atoms with Gasteiger partial charge in [0.2, 0.25) is 0 Å². The zero-order valence-corrected chi connectivity index (χ0v) is 11.3. The van der Waals surface area contributed by atoms with Gasteiger partial charge >= 0.3 is 10.3 Å². The molecule has 18 heavy (non-hydrogen) atoms. The number of aliphatic hydroxyl groups excluding tert-OH is 1. The zero-order valence-electron chi connectivity index (χ0n) is 9.74. The Labute approximate surface area is 112 Å². The van der Waals surface area contributed by atoms with Crippen LogP contribution >= 0.6 is 11.6 Å². The van der Waals surface area contributed by atoms with Crippen LogP contribution in [0.25, 0.3) is 0 Å². The minimum Gasteiger partial charge on any atom is -0.391 e. The van der Waals surface area contributed by atoms with E-state index in [0.29, 0.717) is 6.42 Å². The Morgan fingerprint density at radius 3 is 2.39 bits per heavy atom. The first-order chi connectivity index (χ1) is 8.43. The van der Waals surface area contributed by atoms with E-state index in [9.17, 15) is 13.5 Å². The van der Waals surface area contributed by atoms with Crippen molar-refractivity contribution >= 4 is 21.9 Å². The van der Waals surface area contributed by atoms with Crippen LogP contribution in [0.5, 0.6) is 0 Å². The first-order valence-electron chi connectivity index (χ1n) is 5.44. The monoisotopic (exact) mass is 293 g/mol. The summed E-state index contributed by atoms with van der Waals surface area (Å²) < 4.78 is 32.1. The van der Waals surface area contributed by atoms with E-state index in [0.717, 1.165) is 9.87 Å². The van der Waals surface area contributed by atoms with Gasteiger partial charge in [0.05, 0.1) is 6.10 Å². The second-order valence-electron chi connectivity index (χ2n) is 3.88. The molecule has 5 nitrogen and oxygen atoms in total. The second kappa shape index (κ2) is 7.06. The van der Waals surface area contributed by atoms with Crippen molar-refractivity contribution in [1.29, 1.82) is 0 Å². The molecule has 1 rings (SSSR count). The second-order valence-corrected chi connectivity index (χ2v) is 5.60. The fourth-order valence-electron chi connectivity index (χ4n) is 1.48. The van der Waals surface area contributed by atoms with Crippen molar-refractivity contribution < 1.29 is 18.1 Å². The molecule has 0 spiro atoms. The fraction of sp³-hybridized carbons (Fsp3) is 0.455. The van der Waals surface area contributed by atoms with Crippen molar-refractivity contribution in [3.63, 3.8) is 0 Å². The van der Waals surface area contributed by atoms with E-state index in [-0.39, 0.29) is 19.0 Å². The molecule has 0 saturated carbocycles. The van der Waals surface area contributed by atoms with Gasteiger partial charge < -0.3 is 5.11 Å². The van der Waals surface area contributed by atoms with E-state index in [1.165, 1.54) is 0 Å². The van der Waals surface area contributed by atoms with Crippen LogP contribution in [0.15, 0.2) is 30.3 Å². The first kappa shape index (κ1) is 15.4. The SMILES string of the molecule is O=S(=O)(O)N(CCc1ccccc1)CC(O)CCl. The summed E-state index contributed by atoms with van der Waals surface area (Å²) in [5.41, 5.74) is 0.950. The van der Waals surface area contributed by atoms with Crippen LogP contribution in [-0.2, 0) is 16.7 Å². The lowest BCUT2D eigenvalue weighted by Gasteiger charge is -2.20. The highest BCUT2D eigenvalue weighted by Crippen LogP contribution is 2.06. The van der Waals surface area contributed by atoms with Crippen LogP contribution in [0.3, 0.4) is 0 Å². The highest BCUT2D eigenvalue weighted by molar-refractivity contribution is 7.83. The number of aliphatic hydroxyl groups is 1.